The summed E-state index contributed by atoms with van der Waals surface area (Å²) in [4.78, 5) is 65.3. The average molecular weight is 793 g/mol. The van der Waals surface area contributed by atoms with Crippen molar-refractivity contribution in [1.29, 1.82) is 0 Å². The Bertz CT molecular complexity index is 2760. The lowest BCUT2D eigenvalue weighted by Crippen LogP contribution is -2.54. The van der Waals surface area contributed by atoms with Gasteiger partial charge >= 0.3 is 11.7 Å². The van der Waals surface area contributed by atoms with Crippen molar-refractivity contribution in [1.82, 2.24) is 25.2 Å². The van der Waals surface area contributed by atoms with Crippen molar-refractivity contribution in [3.63, 3.8) is 0 Å². The maximum Gasteiger partial charge on any atom is 0.410 e. The van der Waals surface area contributed by atoms with Crippen LogP contribution in [-0.4, -0.2) is 75.7 Å². The molecule has 1 aliphatic rings. The molecule has 59 heavy (non-hydrogen) atoms. The summed E-state index contributed by atoms with van der Waals surface area (Å²) in [6, 6.07) is 29.7. The molecule has 7 aromatic rings. The number of pyridine rings is 2. The summed E-state index contributed by atoms with van der Waals surface area (Å²) in [6.45, 7) is 10.6. The minimum atomic E-state index is -0.632. The number of anilines is 1. The largest absolute Gasteiger partial charge is 0.444 e. The average Bonchev–Trinajstić information content (AvgIpc) is 3.23. The molecule has 1 atom stereocenters. The first-order valence-corrected chi connectivity index (χ1v) is 19.2. The molecule has 0 saturated carbocycles. The summed E-state index contributed by atoms with van der Waals surface area (Å²) in [6.07, 6.45) is 2.59. The molecule has 4 aromatic carbocycles. The van der Waals surface area contributed by atoms with E-state index in [1.54, 1.807) is 62.2 Å². The van der Waals surface area contributed by atoms with Gasteiger partial charge in [0.1, 0.15) is 11.1 Å². The molecule has 4 heterocycles. The van der Waals surface area contributed by atoms with Crippen LogP contribution in [0.15, 0.2) is 119 Å². The van der Waals surface area contributed by atoms with E-state index in [1.165, 1.54) is 11.8 Å². The zero-order valence-electron chi connectivity index (χ0n) is 33.4. The molecule has 300 valence electrons. The Morgan fingerprint density at radius 1 is 0.797 bits per heavy atom. The molecule has 1 fully saturated rings. The first-order valence-electron chi connectivity index (χ1n) is 19.2. The molecule has 0 bridgehead atoms. The summed E-state index contributed by atoms with van der Waals surface area (Å²) < 4.78 is 16.4. The zero-order chi connectivity index (χ0) is 41.7. The fourth-order valence-electron chi connectivity index (χ4n) is 6.89. The molecular weight excluding hydrogens is 749 g/mol. The van der Waals surface area contributed by atoms with E-state index < -0.39 is 29.3 Å². The number of ether oxygens (including phenoxy) is 2. The molecule has 3 amide bonds. The number of amides is 3. The quantitative estimate of drug-likeness (QED) is 0.169. The van der Waals surface area contributed by atoms with Gasteiger partial charge in [-0.1, -0.05) is 60.7 Å². The molecule has 8 rings (SSSR count). The number of carbonyl (C=O) groups is 3. The van der Waals surface area contributed by atoms with Crippen LogP contribution in [0.2, 0.25) is 0 Å². The third kappa shape index (κ3) is 9.10. The zero-order valence-corrected chi connectivity index (χ0v) is 33.4. The van der Waals surface area contributed by atoms with Crippen LogP contribution < -0.4 is 16.3 Å². The van der Waals surface area contributed by atoms with Crippen LogP contribution in [-0.2, 0) is 9.47 Å². The third-order valence-corrected chi connectivity index (χ3v) is 9.77. The lowest BCUT2D eigenvalue weighted by Gasteiger charge is -2.36. The van der Waals surface area contributed by atoms with Gasteiger partial charge in [-0.25, -0.2) is 24.5 Å². The minimum Gasteiger partial charge on any atom is -0.444 e. The second kappa shape index (κ2) is 17.2. The molecule has 3 aromatic heterocycles. The minimum absolute atomic E-state index is 0.0767. The maximum atomic E-state index is 13.2. The van der Waals surface area contributed by atoms with Gasteiger partial charge in [0.25, 0.3) is 11.8 Å². The lowest BCUT2D eigenvalue weighted by molar-refractivity contribution is -0.0314. The van der Waals surface area contributed by atoms with E-state index in [2.05, 4.69) is 44.6 Å². The molecule has 0 aliphatic carbocycles. The molecule has 13 heteroatoms. The lowest BCUT2D eigenvalue weighted by atomic mass is 10.00. The number of benzene rings is 4. The third-order valence-electron chi connectivity index (χ3n) is 9.77. The van der Waals surface area contributed by atoms with Gasteiger partial charge in [0.05, 0.1) is 24.9 Å². The highest BCUT2D eigenvalue weighted by molar-refractivity contribution is 6.15. The Kier molecular flexibility index (Phi) is 11.8. The highest BCUT2D eigenvalue weighted by Gasteiger charge is 2.31. The Labute approximate surface area is 340 Å². The summed E-state index contributed by atoms with van der Waals surface area (Å²) >= 11 is 0. The number of aromatic nitrogens is 3. The molecule has 1 saturated heterocycles. The fourth-order valence-corrected chi connectivity index (χ4v) is 6.89. The molecular formula is C46H44N6O7. The first-order chi connectivity index (χ1) is 28.4. The second-order valence-corrected chi connectivity index (χ2v) is 15.1. The van der Waals surface area contributed by atoms with Crippen molar-refractivity contribution in [3.05, 3.63) is 142 Å². The summed E-state index contributed by atoms with van der Waals surface area (Å²) in [5.41, 5.74) is 3.61. The number of aryl methyl sites for hydroxylation is 2. The van der Waals surface area contributed by atoms with Crippen LogP contribution in [0.3, 0.4) is 0 Å². The van der Waals surface area contributed by atoms with E-state index in [0.717, 1.165) is 32.7 Å². The van der Waals surface area contributed by atoms with Gasteiger partial charge in [0, 0.05) is 36.6 Å². The number of hydrogen-bond donors (Lipinski definition) is 2. The number of carbonyl (C=O) groups excluding carboxylic acids is 3. The normalized spacial score (nSPS) is 14.1. The van der Waals surface area contributed by atoms with Crippen molar-refractivity contribution in [2.45, 2.75) is 46.3 Å². The predicted molar refractivity (Wildman–Crippen MR) is 227 cm³/mol. The van der Waals surface area contributed by atoms with Crippen molar-refractivity contribution >= 4 is 56.2 Å². The summed E-state index contributed by atoms with van der Waals surface area (Å²) in [5.74, 6) is -0.490. The van der Waals surface area contributed by atoms with E-state index >= 15 is 0 Å². The van der Waals surface area contributed by atoms with Gasteiger partial charge < -0.3 is 24.5 Å². The number of nitrogens with one attached hydrogen (secondary N) is 2. The van der Waals surface area contributed by atoms with Gasteiger partial charge in [-0.05, 0) is 104 Å². The Morgan fingerprint density at radius 2 is 1.49 bits per heavy atom. The van der Waals surface area contributed by atoms with Crippen molar-refractivity contribution in [2.75, 3.05) is 31.6 Å². The Hall–Kier alpha value is -6.99. The topological polar surface area (TPSA) is 166 Å². The molecule has 0 spiro atoms. The standard InChI is InChI=1S/C28H32N4O5.C18H12N2O2/c1-18-11-12-22(21-9-6-5-8-20(18)21)25(33)31-23-10-7-13-29-24(23)26(34)30-16-19-17-36-15-14-32(19)27(35)37-28(2,3)4;1-11-5-2-7-13-12(11)6-3-8-14(13)17-20-15-9-4-10-19-16(15)18(21)22-17/h5-13,19H,14-17H2,1-4H3,(H,30,34)(H,31,33);2-10H,1H3. The second-order valence-electron chi connectivity index (χ2n) is 15.1. The van der Waals surface area contributed by atoms with E-state index in [4.69, 9.17) is 13.9 Å². The molecule has 1 aliphatic heterocycles. The highest BCUT2D eigenvalue weighted by atomic mass is 16.6. The number of morpholine rings is 1. The van der Waals surface area contributed by atoms with Crippen molar-refractivity contribution in [3.8, 4) is 11.5 Å². The van der Waals surface area contributed by atoms with Crippen LogP contribution in [0.1, 0.15) is 52.7 Å². The number of hydrogen-bond acceptors (Lipinski definition) is 10. The predicted octanol–water partition coefficient (Wildman–Crippen LogP) is 7.87. The van der Waals surface area contributed by atoms with Crippen LogP contribution in [0.25, 0.3) is 44.0 Å². The van der Waals surface area contributed by atoms with Crippen molar-refractivity contribution in [2.24, 2.45) is 0 Å². The van der Waals surface area contributed by atoms with Gasteiger partial charge in [-0.15, -0.1) is 0 Å². The summed E-state index contributed by atoms with van der Waals surface area (Å²) in [5, 5.41) is 9.62. The molecule has 2 N–H and O–H groups in total. The maximum absolute atomic E-state index is 13.2. The smallest absolute Gasteiger partial charge is 0.410 e. The van der Waals surface area contributed by atoms with Crippen LogP contribution >= 0.6 is 0 Å². The van der Waals surface area contributed by atoms with E-state index in [0.29, 0.717) is 35.8 Å². The SMILES string of the molecule is Cc1ccc(C(=O)Nc2cccnc2C(=O)NCC2COCCN2C(=O)OC(C)(C)C)c2ccccc12.Cc1cccc2c(-c3nc4cccnc4c(=O)o3)cccc12. The van der Waals surface area contributed by atoms with E-state index in [1.807, 2.05) is 61.5 Å². The van der Waals surface area contributed by atoms with Gasteiger partial charge in [-0.2, -0.15) is 0 Å². The van der Waals surface area contributed by atoms with Gasteiger partial charge in [0.15, 0.2) is 11.2 Å². The van der Waals surface area contributed by atoms with Crippen LogP contribution in [0.5, 0.6) is 0 Å². The summed E-state index contributed by atoms with van der Waals surface area (Å²) in [7, 11) is 0. The fraction of sp³-hybridized carbons (Fsp3) is 0.239. The monoisotopic (exact) mass is 792 g/mol. The highest BCUT2D eigenvalue weighted by Crippen LogP contribution is 2.29. The van der Waals surface area contributed by atoms with Crippen LogP contribution in [0.4, 0.5) is 10.5 Å². The first kappa shape index (κ1) is 40.2. The number of nitrogens with zero attached hydrogens (tertiary/aromatic N) is 4. The molecule has 13 nitrogen and oxygen atoms in total. The Balaban J connectivity index is 0.000000203. The number of rotatable bonds is 6. The molecule has 0 radical (unpaired) electrons. The van der Waals surface area contributed by atoms with Gasteiger partial charge in [-0.3, -0.25) is 14.5 Å². The number of fused-ring (bicyclic) bond motifs is 3. The van der Waals surface area contributed by atoms with Gasteiger partial charge in [0.2, 0.25) is 5.89 Å². The van der Waals surface area contributed by atoms with Crippen molar-refractivity contribution < 1.29 is 28.3 Å². The molecule has 1 unspecified atom stereocenters. The Morgan fingerprint density at radius 3 is 2.31 bits per heavy atom. The van der Waals surface area contributed by atoms with E-state index in [9.17, 15) is 19.2 Å². The van der Waals surface area contributed by atoms with Crippen LogP contribution in [0, 0.1) is 13.8 Å². The van der Waals surface area contributed by atoms with E-state index in [-0.39, 0.29) is 30.3 Å².